The topological polar surface area (TPSA) is 46.1 Å². The van der Waals surface area contributed by atoms with E-state index in [1.807, 2.05) is 0 Å². The highest BCUT2D eigenvalue weighted by atomic mass is 35.5. The summed E-state index contributed by atoms with van der Waals surface area (Å²) in [5.41, 5.74) is 0. The van der Waals surface area contributed by atoms with Gasteiger partial charge in [0.25, 0.3) is 0 Å². The van der Waals surface area contributed by atoms with Crippen LogP contribution < -0.4 is 0 Å². The van der Waals surface area contributed by atoms with Gasteiger partial charge in [0.15, 0.2) is 0 Å². The lowest BCUT2D eigenvalue weighted by Crippen LogP contribution is -1.86. The van der Waals surface area contributed by atoms with Gasteiger partial charge in [0.1, 0.15) is 4.84 Å². The van der Waals surface area contributed by atoms with Crippen molar-refractivity contribution in [2.24, 2.45) is 0 Å². The fraction of sp³-hybridized carbons (Fsp3) is 1.00. The Balaban J connectivity index is -0.000000101. The molecule has 0 radical (unpaired) electrons. The SMILES string of the molecule is CC(Cl)Cl.C[S+](C)[O-].C[S+](C)[O-]. The van der Waals surface area contributed by atoms with Crippen LogP contribution in [0, 0.1) is 0 Å². The highest BCUT2D eigenvalue weighted by molar-refractivity contribution is 7.90. The van der Waals surface area contributed by atoms with Crippen molar-refractivity contribution in [3.63, 3.8) is 0 Å². The van der Waals surface area contributed by atoms with Gasteiger partial charge in [-0.2, -0.15) is 0 Å². The Morgan fingerprint density at radius 1 is 0.917 bits per heavy atom. The van der Waals surface area contributed by atoms with Gasteiger partial charge in [0, 0.05) is 0 Å². The minimum atomic E-state index is -0.611. The quantitative estimate of drug-likeness (QED) is 0.489. The first-order valence-electron chi connectivity index (χ1n) is 2.98. The Kier molecular flexibility index (Phi) is 23.1. The molecule has 0 spiro atoms. The Labute approximate surface area is 91.4 Å². The second-order valence-corrected chi connectivity index (χ2v) is 6.50. The summed E-state index contributed by atoms with van der Waals surface area (Å²) in [7, 11) is 0. The molecule has 0 N–H and O–H groups in total. The summed E-state index contributed by atoms with van der Waals surface area (Å²) in [6.45, 7) is 1.70. The Morgan fingerprint density at radius 2 is 0.917 bits per heavy atom. The van der Waals surface area contributed by atoms with E-state index >= 15 is 0 Å². The molecule has 0 rings (SSSR count). The summed E-state index contributed by atoms with van der Waals surface area (Å²) in [6.07, 6.45) is 6.56. The van der Waals surface area contributed by atoms with Gasteiger partial charge in [-0.25, -0.2) is 0 Å². The third-order valence-electron chi connectivity index (χ3n) is 0. The average molecular weight is 255 g/mol. The molecule has 78 valence electrons. The van der Waals surface area contributed by atoms with Gasteiger partial charge < -0.3 is 9.11 Å². The molecule has 0 amide bonds. The van der Waals surface area contributed by atoms with Gasteiger partial charge >= 0.3 is 0 Å². The summed E-state index contributed by atoms with van der Waals surface area (Å²) in [4.78, 5) is -0.222. The Morgan fingerprint density at radius 3 is 0.917 bits per heavy atom. The van der Waals surface area contributed by atoms with Gasteiger partial charge in [-0.05, 0) is 6.92 Å². The minimum absolute atomic E-state index is 0.222. The average Bonchev–Trinajstić information content (AvgIpc) is 1.54. The van der Waals surface area contributed by atoms with Crippen LogP contribution in [0.3, 0.4) is 0 Å². The number of alkyl halides is 2. The van der Waals surface area contributed by atoms with E-state index in [1.165, 1.54) is 0 Å². The standard InChI is InChI=1S/C2H4Cl2.2C2H6OS/c1-2(3)4;2*1-4(2)3/h2H,1H3;2*1-2H3. The Bertz CT molecular complexity index is 50.0. The first kappa shape index (κ1) is 18.9. The molecule has 0 atom stereocenters. The lowest BCUT2D eigenvalue weighted by atomic mass is 11.0. The van der Waals surface area contributed by atoms with E-state index in [4.69, 9.17) is 23.2 Å². The van der Waals surface area contributed by atoms with Crippen molar-refractivity contribution in [2.45, 2.75) is 11.8 Å². The van der Waals surface area contributed by atoms with Gasteiger partial charge in [-0.3, -0.25) is 0 Å². The molecular formula is C6H16Cl2O2S2. The molecule has 0 aliphatic rings. The zero-order valence-corrected chi connectivity index (χ0v) is 11.1. The van der Waals surface area contributed by atoms with Crippen LogP contribution in [0.5, 0.6) is 0 Å². The summed E-state index contributed by atoms with van der Waals surface area (Å²) in [6, 6.07) is 0. The van der Waals surface area contributed by atoms with Crippen LogP contribution >= 0.6 is 23.2 Å². The van der Waals surface area contributed by atoms with Gasteiger partial charge in [-0.15, -0.1) is 23.2 Å². The number of hydrogen-bond donors (Lipinski definition) is 0. The van der Waals surface area contributed by atoms with Crippen molar-refractivity contribution in [3.05, 3.63) is 0 Å². The van der Waals surface area contributed by atoms with Crippen molar-refractivity contribution in [2.75, 3.05) is 25.0 Å². The summed E-state index contributed by atoms with van der Waals surface area (Å²) in [5, 5.41) is 0. The number of rotatable bonds is 0. The highest BCUT2D eigenvalue weighted by Gasteiger charge is 1.75. The summed E-state index contributed by atoms with van der Waals surface area (Å²) < 4.78 is 19.1. The fourth-order valence-corrected chi connectivity index (χ4v) is 0. The maximum Gasteiger partial charge on any atom is 0.105 e. The Hall–Kier alpha value is 1.20. The molecule has 0 aromatic heterocycles. The number of hydrogen-bond acceptors (Lipinski definition) is 2. The molecule has 0 saturated heterocycles. The van der Waals surface area contributed by atoms with Crippen molar-refractivity contribution >= 4 is 45.6 Å². The normalized spacial score (nSPS) is 9.00. The molecule has 0 aliphatic heterocycles. The monoisotopic (exact) mass is 254 g/mol. The lowest BCUT2D eigenvalue weighted by molar-refractivity contribution is 0.605. The minimum Gasteiger partial charge on any atom is -0.617 e. The number of halogens is 2. The smallest absolute Gasteiger partial charge is 0.105 e. The molecule has 0 aliphatic carbocycles. The van der Waals surface area contributed by atoms with Crippen LogP contribution in [0.15, 0.2) is 0 Å². The zero-order valence-electron chi connectivity index (χ0n) is 7.97. The molecule has 0 fully saturated rings. The van der Waals surface area contributed by atoms with E-state index in [1.54, 1.807) is 31.9 Å². The van der Waals surface area contributed by atoms with E-state index < -0.39 is 22.4 Å². The molecule has 6 heteroatoms. The molecular weight excluding hydrogens is 239 g/mol. The van der Waals surface area contributed by atoms with Crippen molar-refractivity contribution in [3.8, 4) is 0 Å². The molecule has 0 bridgehead atoms. The van der Waals surface area contributed by atoms with Gasteiger partial charge in [0.2, 0.25) is 0 Å². The van der Waals surface area contributed by atoms with Crippen LogP contribution in [0.2, 0.25) is 0 Å². The maximum atomic E-state index is 9.56. The zero-order chi connectivity index (χ0) is 10.7. The van der Waals surface area contributed by atoms with Crippen LogP contribution in [0.4, 0.5) is 0 Å². The first-order valence-corrected chi connectivity index (χ1v) is 7.79. The van der Waals surface area contributed by atoms with Crippen LogP contribution in [0.25, 0.3) is 0 Å². The van der Waals surface area contributed by atoms with Crippen molar-refractivity contribution in [1.29, 1.82) is 0 Å². The lowest BCUT2D eigenvalue weighted by Gasteiger charge is -1.87. The molecule has 0 heterocycles. The second kappa shape index (κ2) is 14.7. The molecule has 0 unspecified atom stereocenters. The summed E-state index contributed by atoms with van der Waals surface area (Å²) in [5.74, 6) is 0. The third kappa shape index (κ3) is 809. The predicted molar refractivity (Wildman–Crippen MR) is 61.1 cm³/mol. The predicted octanol–water partition coefficient (Wildman–Crippen LogP) is 1.80. The third-order valence-corrected chi connectivity index (χ3v) is 0. The van der Waals surface area contributed by atoms with E-state index in [9.17, 15) is 9.11 Å². The maximum absolute atomic E-state index is 9.56. The van der Waals surface area contributed by atoms with Gasteiger partial charge in [0.05, 0.1) is 25.0 Å². The second-order valence-electron chi connectivity index (χ2n) is 2.00. The molecule has 0 aromatic carbocycles. The summed E-state index contributed by atoms with van der Waals surface area (Å²) >= 11 is 8.86. The first-order chi connectivity index (χ1) is 5.20. The highest BCUT2D eigenvalue weighted by Crippen LogP contribution is 1.95. The molecule has 2 nitrogen and oxygen atoms in total. The fourth-order valence-electron chi connectivity index (χ4n) is 0. The van der Waals surface area contributed by atoms with E-state index in [0.29, 0.717) is 0 Å². The van der Waals surface area contributed by atoms with Crippen molar-refractivity contribution < 1.29 is 9.11 Å². The van der Waals surface area contributed by atoms with Crippen LogP contribution in [-0.4, -0.2) is 39.0 Å². The van der Waals surface area contributed by atoms with Crippen LogP contribution in [0.1, 0.15) is 6.92 Å². The molecule has 0 saturated carbocycles. The van der Waals surface area contributed by atoms with Crippen molar-refractivity contribution in [1.82, 2.24) is 0 Å². The molecule has 12 heavy (non-hydrogen) atoms. The van der Waals surface area contributed by atoms with E-state index in [2.05, 4.69) is 0 Å². The van der Waals surface area contributed by atoms with Crippen LogP contribution in [-0.2, 0) is 22.4 Å². The largest absolute Gasteiger partial charge is 0.617 e. The van der Waals surface area contributed by atoms with Gasteiger partial charge in [-0.1, -0.05) is 22.4 Å². The van der Waals surface area contributed by atoms with E-state index in [0.717, 1.165) is 0 Å². The van der Waals surface area contributed by atoms with E-state index in [-0.39, 0.29) is 4.84 Å². The molecule has 0 aromatic rings.